The summed E-state index contributed by atoms with van der Waals surface area (Å²) in [4.78, 5) is 1.16. The molecule has 4 heteroatoms. The Labute approximate surface area is 134 Å². The van der Waals surface area contributed by atoms with Gasteiger partial charge in [-0.05, 0) is 29.3 Å². The summed E-state index contributed by atoms with van der Waals surface area (Å²) in [6.45, 7) is 5.14. The highest BCUT2D eigenvalue weighted by Gasteiger charge is 2.06. The summed E-state index contributed by atoms with van der Waals surface area (Å²) in [5, 5.41) is 3.61. The first kappa shape index (κ1) is 16.3. The number of hydrogen-bond acceptors (Lipinski definition) is 2. The van der Waals surface area contributed by atoms with E-state index in [1.54, 1.807) is 17.8 Å². The Bertz CT molecular complexity index is 584. The lowest BCUT2D eigenvalue weighted by Crippen LogP contribution is -2.21. The van der Waals surface area contributed by atoms with E-state index in [4.69, 9.17) is 11.6 Å². The lowest BCUT2D eigenvalue weighted by molar-refractivity contribution is 0.588. The average Bonchev–Trinajstić information content (AvgIpc) is 2.48. The van der Waals surface area contributed by atoms with Crippen LogP contribution in [0, 0.1) is 5.82 Å². The highest BCUT2D eigenvalue weighted by Crippen LogP contribution is 2.28. The molecule has 0 aliphatic rings. The Morgan fingerprint density at radius 2 is 1.86 bits per heavy atom. The van der Waals surface area contributed by atoms with Gasteiger partial charge >= 0.3 is 0 Å². The van der Waals surface area contributed by atoms with Crippen molar-refractivity contribution in [2.24, 2.45) is 0 Å². The summed E-state index contributed by atoms with van der Waals surface area (Å²) in [6.07, 6.45) is 0. The maximum Gasteiger partial charge on any atom is 0.142 e. The summed E-state index contributed by atoms with van der Waals surface area (Å²) < 4.78 is 13.4. The number of thioether (sulfide) groups is 1. The molecule has 112 valence electrons. The first-order valence-corrected chi connectivity index (χ1v) is 8.30. The zero-order valence-corrected chi connectivity index (χ0v) is 13.8. The third kappa shape index (κ3) is 5.03. The SMILES string of the molecule is CC(C)NCc1ccc(SCc2cccc(F)c2Cl)cc1. The molecule has 0 saturated heterocycles. The van der Waals surface area contributed by atoms with Crippen LogP contribution >= 0.6 is 23.4 Å². The van der Waals surface area contributed by atoms with Gasteiger partial charge in [-0.3, -0.25) is 0 Å². The van der Waals surface area contributed by atoms with E-state index >= 15 is 0 Å². The van der Waals surface area contributed by atoms with Gasteiger partial charge in [0.2, 0.25) is 0 Å². The monoisotopic (exact) mass is 323 g/mol. The molecule has 0 aliphatic carbocycles. The van der Waals surface area contributed by atoms with E-state index in [0.29, 0.717) is 11.8 Å². The molecule has 0 saturated carbocycles. The molecule has 1 N–H and O–H groups in total. The fourth-order valence-electron chi connectivity index (χ4n) is 1.85. The first-order chi connectivity index (χ1) is 10.1. The molecule has 0 radical (unpaired) electrons. The molecule has 0 bridgehead atoms. The number of nitrogens with one attached hydrogen (secondary N) is 1. The maximum atomic E-state index is 13.4. The van der Waals surface area contributed by atoms with Crippen molar-refractivity contribution in [1.29, 1.82) is 0 Å². The lowest BCUT2D eigenvalue weighted by Gasteiger charge is -2.09. The fraction of sp³-hybridized carbons (Fsp3) is 0.294. The number of benzene rings is 2. The minimum Gasteiger partial charge on any atom is -0.310 e. The van der Waals surface area contributed by atoms with Gasteiger partial charge < -0.3 is 5.32 Å². The maximum absolute atomic E-state index is 13.4. The van der Waals surface area contributed by atoms with E-state index in [1.165, 1.54) is 11.6 Å². The average molecular weight is 324 g/mol. The number of halogens is 2. The van der Waals surface area contributed by atoms with Gasteiger partial charge in [0.05, 0.1) is 5.02 Å². The van der Waals surface area contributed by atoms with Crippen LogP contribution in [0.25, 0.3) is 0 Å². The van der Waals surface area contributed by atoms with Gasteiger partial charge in [-0.1, -0.05) is 49.7 Å². The molecular formula is C17H19ClFNS. The lowest BCUT2D eigenvalue weighted by atomic mass is 10.2. The standard InChI is InChI=1S/C17H19ClFNS/c1-12(2)20-10-13-6-8-15(9-7-13)21-11-14-4-3-5-16(19)17(14)18/h3-9,12,20H,10-11H2,1-2H3. The molecular weight excluding hydrogens is 305 g/mol. The van der Waals surface area contributed by atoms with E-state index in [0.717, 1.165) is 17.0 Å². The van der Waals surface area contributed by atoms with Crippen molar-refractivity contribution in [2.45, 2.75) is 37.1 Å². The molecule has 21 heavy (non-hydrogen) atoms. The van der Waals surface area contributed by atoms with Crippen molar-refractivity contribution in [3.8, 4) is 0 Å². The molecule has 0 fully saturated rings. The van der Waals surface area contributed by atoms with Gasteiger partial charge in [0.15, 0.2) is 0 Å². The van der Waals surface area contributed by atoms with Crippen LogP contribution in [0.3, 0.4) is 0 Å². The van der Waals surface area contributed by atoms with E-state index in [9.17, 15) is 4.39 Å². The van der Waals surface area contributed by atoms with Crippen LogP contribution in [-0.2, 0) is 12.3 Å². The molecule has 0 spiro atoms. The van der Waals surface area contributed by atoms with Gasteiger partial charge in [0.1, 0.15) is 5.82 Å². The van der Waals surface area contributed by atoms with Crippen LogP contribution in [0.5, 0.6) is 0 Å². The molecule has 0 heterocycles. The minimum absolute atomic E-state index is 0.225. The van der Waals surface area contributed by atoms with Crippen LogP contribution in [0.4, 0.5) is 4.39 Å². The Morgan fingerprint density at radius 3 is 2.52 bits per heavy atom. The van der Waals surface area contributed by atoms with Gasteiger partial charge in [-0.25, -0.2) is 4.39 Å². The second kappa shape index (κ2) is 7.83. The Hall–Kier alpha value is -1.03. The Morgan fingerprint density at radius 1 is 1.14 bits per heavy atom. The highest BCUT2D eigenvalue weighted by molar-refractivity contribution is 7.98. The summed E-state index contributed by atoms with van der Waals surface area (Å²) in [5.74, 6) is 0.310. The largest absolute Gasteiger partial charge is 0.310 e. The molecule has 0 atom stereocenters. The van der Waals surface area contributed by atoms with Crippen molar-refractivity contribution >= 4 is 23.4 Å². The van der Waals surface area contributed by atoms with Crippen LogP contribution in [0.2, 0.25) is 5.02 Å². The molecule has 0 aromatic heterocycles. The van der Waals surface area contributed by atoms with Crippen molar-refractivity contribution < 1.29 is 4.39 Å². The van der Waals surface area contributed by atoms with E-state index in [-0.39, 0.29) is 10.8 Å². The summed E-state index contributed by atoms with van der Waals surface area (Å²) in [6, 6.07) is 13.8. The van der Waals surface area contributed by atoms with Gasteiger partial charge in [-0.2, -0.15) is 0 Å². The second-order valence-electron chi connectivity index (χ2n) is 5.18. The Kier molecular flexibility index (Phi) is 6.09. The molecule has 2 aromatic carbocycles. The van der Waals surface area contributed by atoms with Crippen LogP contribution in [-0.4, -0.2) is 6.04 Å². The number of hydrogen-bond donors (Lipinski definition) is 1. The topological polar surface area (TPSA) is 12.0 Å². The zero-order chi connectivity index (χ0) is 15.2. The predicted molar refractivity (Wildman–Crippen MR) is 89.4 cm³/mol. The zero-order valence-electron chi connectivity index (χ0n) is 12.2. The number of rotatable bonds is 6. The van der Waals surface area contributed by atoms with Gasteiger partial charge in [0, 0.05) is 23.2 Å². The third-order valence-corrected chi connectivity index (χ3v) is 4.55. The molecule has 1 nitrogen and oxygen atoms in total. The summed E-state index contributed by atoms with van der Waals surface area (Å²) >= 11 is 7.62. The predicted octanol–water partition coefficient (Wildman–Crippen LogP) is 5.27. The summed E-state index contributed by atoms with van der Waals surface area (Å²) in [5.41, 5.74) is 2.09. The van der Waals surface area contributed by atoms with Crippen molar-refractivity contribution in [3.63, 3.8) is 0 Å². The summed E-state index contributed by atoms with van der Waals surface area (Å²) in [7, 11) is 0. The van der Waals surface area contributed by atoms with E-state index < -0.39 is 0 Å². The quantitative estimate of drug-likeness (QED) is 0.727. The van der Waals surface area contributed by atoms with Crippen molar-refractivity contribution in [2.75, 3.05) is 0 Å². The fourth-order valence-corrected chi connectivity index (χ4v) is 3.01. The van der Waals surface area contributed by atoms with Crippen LogP contribution < -0.4 is 5.32 Å². The van der Waals surface area contributed by atoms with Gasteiger partial charge in [0.25, 0.3) is 0 Å². The minimum atomic E-state index is -0.357. The van der Waals surface area contributed by atoms with Crippen molar-refractivity contribution in [1.82, 2.24) is 5.32 Å². The van der Waals surface area contributed by atoms with Crippen molar-refractivity contribution in [3.05, 3.63) is 64.4 Å². The smallest absolute Gasteiger partial charge is 0.142 e. The van der Waals surface area contributed by atoms with Crippen LogP contribution in [0.1, 0.15) is 25.0 Å². The normalized spacial score (nSPS) is 11.1. The molecule has 0 unspecified atom stereocenters. The molecule has 0 amide bonds. The molecule has 2 rings (SSSR count). The third-order valence-electron chi connectivity index (χ3n) is 3.06. The first-order valence-electron chi connectivity index (χ1n) is 6.94. The molecule has 2 aromatic rings. The van der Waals surface area contributed by atoms with E-state index in [1.807, 2.05) is 6.07 Å². The van der Waals surface area contributed by atoms with E-state index in [2.05, 4.69) is 43.4 Å². The highest BCUT2D eigenvalue weighted by atomic mass is 35.5. The molecule has 0 aliphatic heterocycles. The second-order valence-corrected chi connectivity index (χ2v) is 6.61. The van der Waals surface area contributed by atoms with Gasteiger partial charge in [-0.15, -0.1) is 11.8 Å². The van der Waals surface area contributed by atoms with Crippen LogP contribution in [0.15, 0.2) is 47.4 Å². The Balaban J connectivity index is 1.93.